The van der Waals surface area contributed by atoms with Crippen molar-refractivity contribution in [1.29, 1.82) is 0 Å². The Labute approximate surface area is 183 Å². The Bertz CT molecular complexity index is 1180. The predicted octanol–water partition coefficient (Wildman–Crippen LogP) is 5.42. The van der Waals surface area contributed by atoms with Crippen molar-refractivity contribution in [2.24, 2.45) is 0 Å². The molecule has 0 aliphatic carbocycles. The number of anilines is 1. The van der Waals surface area contributed by atoms with Crippen molar-refractivity contribution < 1.29 is 4.74 Å². The lowest BCUT2D eigenvalue weighted by molar-refractivity contribution is 0.194. The van der Waals surface area contributed by atoms with Crippen molar-refractivity contribution in [3.05, 3.63) is 71.5 Å². The van der Waals surface area contributed by atoms with Gasteiger partial charge in [0.05, 0.1) is 22.5 Å². The molecule has 0 bridgehead atoms. The first-order valence-electron chi connectivity index (χ1n) is 10.7. The summed E-state index contributed by atoms with van der Waals surface area (Å²) in [7, 11) is 3.91. The molecule has 4 aromatic rings. The monoisotopic (exact) mass is 415 g/mol. The van der Waals surface area contributed by atoms with Gasteiger partial charge in [-0.3, -0.25) is 0 Å². The van der Waals surface area contributed by atoms with E-state index in [2.05, 4.69) is 60.4 Å². The van der Waals surface area contributed by atoms with Crippen LogP contribution >= 0.6 is 0 Å². The highest BCUT2D eigenvalue weighted by Crippen LogP contribution is 2.31. The molecule has 0 fully saturated rings. The van der Waals surface area contributed by atoms with Gasteiger partial charge in [0.1, 0.15) is 17.4 Å². The number of rotatable bonds is 7. The van der Waals surface area contributed by atoms with E-state index >= 15 is 0 Å². The third-order valence-electron chi connectivity index (χ3n) is 5.47. The van der Waals surface area contributed by atoms with Gasteiger partial charge in [0, 0.05) is 20.2 Å². The van der Waals surface area contributed by atoms with E-state index in [0.717, 1.165) is 52.4 Å². The molecule has 0 saturated carbocycles. The van der Waals surface area contributed by atoms with Gasteiger partial charge in [-0.2, -0.15) is 10.2 Å². The number of hydrogen-bond acceptors (Lipinski definition) is 5. The van der Waals surface area contributed by atoms with E-state index in [1.54, 1.807) is 0 Å². The largest absolute Gasteiger partial charge is 0.486 e. The van der Waals surface area contributed by atoms with Crippen molar-refractivity contribution >= 4 is 16.7 Å². The van der Waals surface area contributed by atoms with Crippen LogP contribution in [0.15, 0.2) is 54.6 Å². The van der Waals surface area contributed by atoms with E-state index in [-0.39, 0.29) is 6.10 Å². The van der Waals surface area contributed by atoms with Crippen LogP contribution in [0.1, 0.15) is 42.8 Å². The maximum atomic E-state index is 6.43. The molecule has 2 aromatic carbocycles. The lowest BCUT2D eigenvalue weighted by atomic mass is 10.1. The fraction of sp³-hybridized carbons (Fsp3) is 0.320. The van der Waals surface area contributed by atoms with Gasteiger partial charge in [-0.15, -0.1) is 5.10 Å². The summed E-state index contributed by atoms with van der Waals surface area (Å²) in [6.45, 7) is 6.23. The van der Waals surface area contributed by atoms with Gasteiger partial charge < -0.3 is 9.64 Å². The summed E-state index contributed by atoms with van der Waals surface area (Å²) in [5.74, 6) is 1.60. The molecule has 6 nitrogen and oxygen atoms in total. The van der Waals surface area contributed by atoms with Crippen LogP contribution in [0.2, 0.25) is 0 Å². The molecule has 160 valence electrons. The molecule has 2 aromatic heterocycles. The zero-order chi connectivity index (χ0) is 22.0. The van der Waals surface area contributed by atoms with Crippen LogP contribution in [0.4, 0.5) is 5.82 Å². The molecule has 31 heavy (non-hydrogen) atoms. The summed E-state index contributed by atoms with van der Waals surface area (Å²) in [5.41, 5.74) is 4.92. The van der Waals surface area contributed by atoms with Crippen LogP contribution in [0, 0.1) is 13.8 Å². The van der Waals surface area contributed by atoms with Gasteiger partial charge >= 0.3 is 0 Å². The molecular formula is C25H29N5O. The van der Waals surface area contributed by atoms with Crippen LogP contribution in [0.25, 0.3) is 16.6 Å². The number of nitrogens with zero attached hydrogens (tertiary/aromatic N) is 5. The summed E-state index contributed by atoms with van der Waals surface area (Å²) in [6.07, 6.45) is 2.03. The molecule has 0 N–H and O–H groups in total. The summed E-state index contributed by atoms with van der Waals surface area (Å²) in [5, 5.41) is 14.6. The molecule has 6 heteroatoms. The van der Waals surface area contributed by atoms with Gasteiger partial charge in [0.15, 0.2) is 5.82 Å². The minimum atomic E-state index is 0.0234. The standard InChI is InChI=1S/C25H29N5O/c1-6-11-22(19-12-8-7-9-13-19)31-21-15-10-14-20(16-21)30-18(3)23-17(2)26-27-25(29(4)5)24(23)28-30/h7-10,12-16,22H,6,11H2,1-5H3. The van der Waals surface area contributed by atoms with Gasteiger partial charge in [-0.05, 0) is 38.0 Å². The molecule has 0 amide bonds. The lowest BCUT2D eigenvalue weighted by Gasteiger charge is -2.19. The minimum Gasteiger partial charge on any atom is -0.486 e. The first-order valence-corrected chi connectivity index (χ1v) is 10.7. The fourth-order valence-electron chi connectivity index (χ4n) is 3.94. The Morgan fingerprint density at radius 2 is 1.77 bits per heavy atom. The molecule has 0 spiro atoms. The number of ether oxygens (including phenoxy) is 1. The number of benzene rings is 2. The molecule has 1 atom stereocenters. The molecule has 0 aliphatic rings. The first kappa shape index (κ1) is 20.8. The molecule has 4 rings (SSSR count). The van der Waals surface area contributed by atoms with Gasteiger partial charge in [-0.1, -0.05) is 49.7 Å². The van der Waals surface area contributed by atoms with Crippen LogP contribution in [-0.2, 0) is 0 Å². The van der Waals surface area contributed by atoms with E-state index in [4.69, 9.17) is 9.84 Å². The topological polar surface area (TPSA) is 56.1 Å². The Kier molecular flexibility index (Phi) is 5.89. The summed E-state index contributed by atoms with van der Waals surface area (Å²) in [6, 6.07) is 18.5. The zero-order valence-corrected chi connectivity index (χ0v) is 18.8. The number of aromatic nitrogens is 4. The number of hydrogen-bond donors (Lipinski definition) is 0. The lowest BCUT2D eigenvalue weighted by Crippen LogP contribution is -2.12. The third kappa shape index (κ3) is 4.10. The molecule has 1 unspecified atom stereocenters. The Hall–Kier alpha value is -3.41. The molecule has 0 radical (unpaired) electrons. The second-order valence-electron chi connectivity index (χ2n) is 8.03. The van der Waals surface area contributed by atoms with E-state index < -0.39 is 0 Å². The van der Waals surface area contributed by atoms with Crippen molar-refractivity contribution in [3.8, 4) is 11.4 Å². The van der Waals surface area contributed by atoms with Crippen LogP contribution in [0.3, 0.4) is 0 Å². The van der Waals surface area contributed by atoms with Gasteiger partial charge in [0.25, 0.3) is 0 Å². The Morgan fingerprint density at radius 1 is 1.00 bits per heavy atom. The zero-order valence-electron chi connectivity index (χ0n) is 18.8. The summed E-state index contributed by atoms with van der Waals surface area (Å²) < 4.78 is 8.39. The highest BCUT2D eigenvalue weighted by atomic mass is 16.5. The summed E-state index contributed by atoms with van der Waals surface area (Å²) >= 11 is 0. The van der Waals surface area contributed by atoms with E-state index in [1.165, 1.54) is 5.56 Å². The number of fused-ring (bicyclic) bond motifs is 1. The Morgan fingerprint density at radius 3 is 2.48 bits per heavy atom. The average Bonchev–Trinajstić information content (AvgIpc) is 3.12. The molecule has 0 saturated heterocycles. The average molecular weight is 416 g/mol. The minimum absolute atomic E-state index is 0.0234. The number of aryl methyl sites for hydroxylation is 2. The van der Waals surface area contributed by atoms with Crippen LogP contribution in [-0.4, -0.2) is 34.1 Å². The first-order chi connectivity index (χ1) is 15.0. The van der Waals surface area contributed by atoms with Crippen LogP contribution < -0.4 is 9.64 Å². The molecule has 2 heterocycles. The van der Waals surface area contributed by atoms with Gasteiger partial charge in [0.2, 0.25) is 0 Å². The van der Waals surface area contributed by atoms with E-state index in [0.29, 0.717) is 0 Å². The second-order valence-corrected chi connectivity index (χ2v) is 8.03. The van der Waals surface area contributed by atoms with Gasteiger partial charge in [-0.25, -0.2) is 4.68 Å². The maximum Gasteiger partial charge on any atom is 0.179 e. The van der Waals surface area contributed by atoms with Crippen LogP contribution in [0.5, 0.6) is 5.75 Å². The Balaban J connectivity index is 1.73. The summed E-state index contributed by atoms with van der Waals surface area (Å²) in [4.78, 5) is 1.94. The fourth-order valence-corrected chi connectivity index (χ4v) is 3.94. The normalized spacial score (nSPS) is 12.2. The van der Waals surface area contributed by atoms with E-state index in [1.807, 2.05) is 48.8 Å². The van der Waals surface area contributed by atoms with Crippen molar-refractivity contribution in [3.63, 3.8) is 0 Å². The maximum absolute atomic E-state index is 6.43. The second kappa shape index (κ2) is 8.76. The van der Waals surface area contributed by atoms with Crippen molar-refractivity contribution in [1.82, 2.24) is 20.0 Å². The smallest absolute Gasteiger partial charge is 0.179 e. The van der Waals surface area contributed by atoms with E-state index in [9.17, 15) is 0 Å². The van der Waals surface area contributed by atoms with Crippen molar-refractivity contribution in [2.75, 3.05) is 19.0 Å². The highest BCUT2D eigenvalue weighted by molar-refractivity contribution is 5.92. The SMILES string of the molecule is CCCC(Oc1cccc(-n2nc3c(N(C)C)nnc(C)c3c2C)c1)c1ccccc1. The predicted molar refractivity (Wildman–Crippen MR) is 125 cm³/mol. The third-order valence-corrected chi connectivity index (χ3v) is 5.47. The van der Waals surface area contributed by atoms with Crippen molar-refractivity contribution in [2.45, 2.75) is 39.7 Å². The quantitative estimate of drug-likeness (QED) is 0.403. The molecule has 0 aliphatic heterocycles. The highest BCUT2D eigenvalue weighted by Gasteiger charge is 2.19. The molecular weight excluding hydrogens is 386 g/mol.